The number of halogens is 1. The fourth-order valence-electron chi connectivity index (χ4n) is 2.14. The van der Waals surface area contributed by atoms with Crippen molar-refractivity contribution in [2.24, 2.45) is 0 Å². The number of nitrogens with zero attached hydrogens (tertiary/aromatic N) is 2. The fraction of sp³-hybridized carbons (Fsp3) is 0.692. The van der Waals surface area contributed by atoms with E-state index in [-0.39, 0.29) is 12.7 Å². The van der Waals surface area contributed by atoms with E-state index < -0.39 is 0 Å². The van der Waals surface area contributed by atoms with Crippen molar-refractivity contribution in [1.82, 2.24) is 15.3 Å². The fourth-order valence-corrected chi connectivity index (χ4v) is 2.14. The zero-order valence-electron chi connectivity index (χ0n) is 11.3. The van der Waals surface area contributed by atoms with Crippen LogP contribution in [0.2, 0.25) is 0 Å². The summed E-state index contributed by atoms with van der Waals surface area (Å²) in [6, 6.07) is -0.00985. The van der Waals surface area contributed by atoms with E-state index in [1.54, 1.807) is 0 Å². The van der Waals surface area contributed by atoms with E-state index in [2.05, 4.69) is 29.1 Å². The molecule has 0 aliphatic heterocycles. The Kier molecular flexibility index (Phi) is 5.00. The topological polar surface area (TPSA) is 37.8 Å². The Morgan fingerprint density at radius 3 is 2.06 bits per heavy atom. The predicted octanol–water partition coefficient (Wildman–Crippen LogP) is 2.84. The molecule has 0 spiro atoms. The molecule has 1 aromatic heterocycles. The zero-order valence-corrected chi connectivity index (χ0v) is 11.3. The quantitative estimate of drug-likeness (QED) is 0.858. The van der Waals surface area contributed by atoms with Gasteiger partial charge in [0.1, 0.15) is 12.5 Å². The number of hydrogen-bond acceptors (Lipinski definition) is 3. The molecular weight excluding hydrogens is 217 g/mol. The van der Waals surface area contributed by atoms with Crippen LogP contribution in [0.25, 0.3) is 0 Å². The summed E-state index contributed by atoms with van der Waals surface area (Å²) < 4.78 is 12.1. The van der Waals surface area contributed by atoms with Crippen molar-refractivity contribution in [1.29, 1.82) is 0 Å². The van der Waals surface area contributed by atoms with Crippen LogP contribution >= 0.6 is 0 Å². The highest BCUT2D eigenvalue weighted by Gasteiger charge is 2.14. The molecular formula is C13H22FN3. The molecule has 0 unspecified atom stereocenters. The molecule has 1 heterocycles. The smallest absolute Gasteiger partial charge is 0.145 e. The molecule has 3 nitrogen and oxygen atoms in total. The van der Waals surface area contributed by atoms with Gasteiger partial charge in [-0.05, 0) is 32.3 Å². The van der Waals surface area contributed by atoms with Gasteiger partial charge in [0.05, 0.1) is 6.04 Å². The van der Waals surface area contributed by atoms with Gasteiger partial charge in [-0.1, -0.05) is 13.8 Å². The molecule has 0 aromatic carbocycles. The highest BCUT2D eigenvalue weighted by atomic mass is 19.1. The van der Waals surface area contributed by atoms with Crippen LogP contribution in [0.4, 0.5) is 4.39 Å². The van der Waals surface area contributed by atoms with E-state index in [1.165, 1.54) is 5.56 Å². The molecule has 0 saturated heterocycles. The number of aryl methyl sites for hydroxylation is 2. The minimum absolute atomic E-state index is 0.00985. The Labute approximate surface area is 103 Å². The molecule has 1 aromatic rings. The van der Waals surface area contributed by atoms with Crippen molar-refractivity contribution >= 4 is 0 Å². The van der Waals surface area contributed by atoms with E-state index in [0.29, 0.717) is 12.5 Å². The molecule has 0 bridgehead atoms. The average molecular weight is 239 g/mol. The Bertz CT molecular complexity index is 354. The SMILES string of the molecule is Cc1nc([C@@H](C)NCCF)nc(C)c1C(C)C. The van der Waals surface area contributed by atoms with Crippen LogP contribution < -0.4 is 5.32 Å². The summed E-state index contributed by atoms with van der Waals surface area (Å²) >= 11 is 0. The monoisotopic (exact) mass is 239 g/mol. The summed E-state index contributed by atoms with van der Waals surface area (Å²) in [7, 11) is 0. The molecule has 0 saturated carbocycles. The van der Waals surface area contributed by atoms with Crippen LogP contribution in [0.1, 0.15) is 55.5 Å². The Morgan fingerprint density at radius 1 is 1.12 bits per heavy atom. The van der Waals surface area contributed by atoms with Crippen molar-refractivity contribution in [3.8, 4) is 0 Å². The van der Waals surface area contributed by atoms with Gasteiger partial charge in [-0.2, -0.15) is 0 Å². The Balaban J connectivity index is 2.97. The number of nitrogens with one attached hydrogen (secondary N) is 1. The van der Waals surface area contributed by atoms with Gasteiger partial charge in [-0.3, -0.25) is 0 Å². The summed E-state index contributed by atoms with van der Waals surface area (Å²) in [6.45, 7) is 10.2. The summed E-state index contributed by atoms with van der Waals surface area (Å²) in [5.41, 5.74) is 3.26. The van der Waals surface area contributed by atoms with Crippen molar-refractivity contribution < 1.29 is 4.39 Å². The Morgan fingerprint density at radius 2 is 1.65 bits per heavy atom. The van der Waals surface area contributed by atoms with E-state index in [0.717, 1.165) is 17.2 Å². The second-order valence-electron chi connectivity index (χ2n) is 4.69. The predicted molar refractivity (Wildman–Crippen MR) is 68.0 cm³/mol. The maximum absolute atomic E-state index is 12.1. The second kappa shape index (κ2) is 6.05. The van der Waals surface area contributed by atoms with Gasteiger partial charge in [0.2, 0.25) is 0 Å². The number of hydrogen-bond donors (Lipinski definition) is 1. The minimum Gasteiger partial charge on any atom is -0.305 e. The van der Waals surface area contributed by atoms with Gasteiger partial charge >= 0.3 is 0 Å². The van der Waals surface area contributed by atoms with Gasteiger partial charge in [-0.25, -0.2) is 14.4 Å². The summed E-state index contributed by atoms with van der Waals surface area (Å²) in [4.78, 5) is 9.02. The summed E-state index contributed by atoms with van der Waals surface area (Å²) in [5.74, 6) is 1.18. The molecule has 0 aliphatic rings. The van der Waals surface area contributed by atoms with E-state index in [9.17, 15) is 4.39 Å². The van der Waals surface area contributed by atoms with Crippen molar-refractivity contribution in [3.05, 3.63) is 22.8 Å². The molecule has 4 heteroatoms. The third-order valence-corrected chi connectivity index (χ3v) is 2.85. The maximum Gasteiger partial charge on any atom is 0.145 e. The normalized spacial score (nSPS) is 13.1. The first kappa shape index (κ1) is 14.0. The van der Waals surface area contributed by atoms with Gasteiger partial charge in [0, 0.05) is 17.9 Å². The van der Waals surface area contributed by atoms with Crippen molar-refractivity contribution in [2.45, 2.75) is 46.6 Å². The van der Waals surface area contributed by atoms with Gasteiger partial charge in [0.15, 0.2) is 0 Å². The lowest BCUT2D eigenvalue weighted by atomic mass is 10.00. The van der Waals surface area contributed by atoms with E-state index in [4.69, 9.17) is 0 Å². The molecule has 0 fully saturated rings. The Hall–Kier alpha value is -1.03. The first-order valence-electron chi connectivity index (χ1n) is 6.11. The highest BCUT2D eigenvalue weighted by molar-refractivity contribution is 5.27. The molecule has 1 rings (SSSR count). The maximum atomic E-state index is 12.1. The van der Waals surface area contributed by atoms with E-state index >= 15 is 0 Å². The van der Waals surface area contributed by atoms with Gasteiger partial charge < -0.3 is 5.32 Å². The standard InChI is InChI=1S/C13H22FN3/c1-8(2)12-9(3)16-13(17-10(12)4)11(5)15-7-6-14/h8,11,15H,6-7H2,1-5H3/t11-/m1/s1. The van der Waals surface area contributed by atoms with Crippen LogP contribution in [0, 0.1) is 13.8 Å². The van der Waals surface area contributed by atoms with Gasteiger partial charge in [-0.15, -0.1) is 0 Å². The number of alkyl halides is 1. The highest BCUT2D eigenvalue weighted by Crippen LogP contribution is 2.21. The number of rotatable bonds is 5. The molecule has 96 valence electrons. The second-order valence-corrected chi connectivity index (χ2v) is 4.69. The third kappa shape index (κ3) is 3.46. The van der Waals surface area contributed by atoms with E-state index in [1.807, 2.05) is 20.8 Å². The lowest BCUT2D eigenvalue weighted by Crippen LogP contribution is -2.24. The van der Waals surface area contributed by atoms with Crippen molar-refractivity contribution in [3.63, 3.8) is 0 Å². The van der Waals surface area contributed by atoms with Crippen LogP contribution in [0.15, 0.2) is 0 Å². The minimum atomic E-state index is -0.369. The number of aromatic nitrogens is 2. The van der Waals surface area contributed by atoms with Crippen LogP contribution in [-0.2, 0) is 0 Å². The molecule has 0 aliphatic carbocycles. The zero-order chi connectivity index (χ0) is 13.0. The summed E-state index contributed by atoms with van der Waals surface area (Å²) in [6.07, 6.45) is 0. The first-order valence-corrected chi connectivity index (χ1v) is 6.11. The largest absolute Gasteiger partial charge is 0.305 e. The summed E-state index contributed by atoms with van der Waals surface area (Å²) in [5, 5.41) is 3.05. The lowest BCUT2D eigenvalue weighted by molar-refractivity contribution is 0.437. The average Bonchev–Trinajstić information content (AvgIpc) is 2.24. The van der Waals surface area contributed by atoms with Crippen LogP contribution in [-0.4, -0.2) is 23.2 Å². The molecule has 0 amide bonds. The molecule has 17 heavy (non-hydrogen) atoms. The third-order valence-electron chi connectivity index (χ3n) is 2.85. The van der Waals surface area contributed by atoms with Crippen LogP contribution in [0.5, 0.6) is 0 Å². The molecule has 1 atom stereocenters. The molecule has 1 N–H and O–H groups in total. The first-order chi connectivity index (χ1) is 7.97. The van der Waals surface area contributed by atoms with Crippen LogP contribution in [0.3, 0.4) is 0 Å². The van der Waals surface area contributed by atoms with Crippen molar-refractivity contribution in [2.75, 3.05) is 13.2 Å². The lowest BCUT2D eigenvalue weighted by Gasteiger charge is -2.17. The molecule has 0 radical (unpaired) electrons. The van der Waals surface area contributed by atoms with Gasteiger partial charge in [0.25, 0.3) is 0 Å².